The summed E-state index contributed by atoms with van der Waals surface area (Å²) in [6.45, 7) is 3.26. The Morgan fingerprint density at radius 1 is 1.38 bits per heavy atom. The highest BCUT2D eigenvalue weighted by Crippen LogP contribution is 2.67. The van der Waals surface area contributed by atoms with Gasteiger partial charge in [0.15, 0.2) is 0 Å². The van der Waals surface area contributed by atoms with E-state index in [9.17, 15) is 5.11 Å². The third-order valence-corrected chi connectivity index (χ3v) is 7.89. The fourth-order valence-corrected chi connectivity index (χ4v) is 7.09. The lowest BCUT2D eigenvalue weighted by Crippen LogP contribution is -2.66. The Bertz CT molecular complexity index is 775. The molecule has 8 atom stereocenters. The van der Waals surface area contributed by atoms with E-state index < -0.39 is 0 Å². The molecule has 4 nitrogen and oxygen atoms in total. The summed E-state index contributed by atoms with van der Waals surface area (Å²) in [6.07, 6.45) is 4.31. The Balaban J connectivity index is 1.58. The Morgan fingerprint density at radius 2 is 2.25 bits per heavy atom. The number of piperidine rings is 4. The minimum absolute atomic E-state index is 0.127. The number of para-hydroxylation sites is 1. The second-order valence-electron chi connectivity index (χ2n) is 8.28. The molecule has 0 amide bonds. The Kier molecular flexibility index (Phi) is 2.39. The molecule has 6 aliphatic rings. The number of hydrogen-bond donors (Lipinski definition) is 2. The van der Waals surface area contributed by atoms with Gasteiger partial charge in [0.25, 0.3) is 0 Å². The highest BCUT2D eigenvalue weighted by atomic mass is 16.5. The molecule has 8 unspecified atom stereocenters. The van der Waals surface area contributed by atoms with Gasteiger partial charge in [-0.3, -0.25) is 4.90 Å². The zero-order valence-electron chi connectivity index (χ0n) is 14.2. The van der Waals surface area contributed by atoms with E-state index in [-0.39, 0.29) is 11.5 Å². The lowest BCUT2D eigenvalue weighted by atomic mass is 9.65. The van der Waals surface area contributed by atoms with Crippen molar-refractivity contribution in [2.24, 2.45) is 11.8 Å². The van der Waals surface area contributed by atoms with Crippen LogP contribution in [0.3, 0.4) is 0 Å². The minimum Gasteiger partial charge on any atom is -0.495 e. The van der Waals surface area contributed by atoms with Crippen molar-refractivity contribution in [3.63, 3.8) is 0 Å². The molecule has 5 bridgehead atoms. The van der Waals surface area contributed by atoms with Crippen LogP contribution >= 0.6 is 0 Å². The average molecular weight is 324 g/mol. The molecule has 1 aliphatic carbocycles. The van der Waals surface area contributed by atoms with Crippen LogP contribution in [-0.4, -0.2) is 47.9 Å². The molecule has 2 N–H and O–H groups in total. The molecule has 1 aromatic rings. The molecule has 7 rings (SSSR count). The van der Waals surface area contributed by atoms with Crippen molar-refractivity contribution >= 4 is 5.69 Å². The van der Waals surface area contributed by atoms with Crippen molar-refractivity contribution in [1.29, 1.82) is 0 Å². The molecule has 5 fully saturated rings. The monoisotopic (exact) mass is 324 g/mol. The van der Waals surface area contributed by atoms with Gasteiger partial charge in [0.05, 0.1) is 24.9 Å². The number of methoxy groups -OCH3 is 1. The van der Waals surface area contributed by atoms with E-state index >= 15 is 0 Å². The number of nitrogens with zero attached hydrogens (tertiary/aromatic N) is 1. The summed E-state index contributed by atoms with van der Waals surface area (Å²) < 4.78 is 5.61. The molecule has 1 saturated carbocycles. The van der Waals surface area contributed by atoms with Crippen molar-refractivity contribution in [3.05, 3.63) is 35.4 Å². The van der Waals surface area contributed by atoms with Crippen LogP contribution in [0.15, 0.2) is 29.8 Å². The first-order valence-corrected chi connectivity index (χ1v) is 9.23. The van der Waals surface area contributed by atoms with E-state index in [1.54, 1.807) is 12.7 Å². The van der Waals surface area contributed by atoms with Gasteiger partial charge in [-0.1, -0.05) is 23.8 Å². The standard InChI is InChI=1S/C20H24N2O2/c1-3-10-9-22-13-7-11(10)16-14(22)8-20(19(16)23)12-5-4-6-15(24-2)17(12)21-18(13)20/h3-6,11,13-14,16,18-19,21,23H,7-9H2,1-2H3. The van der Waals surface area contributed by atoms with E-state index in [0.717, 1.165) is 24.4 Å². The quantitative estimate of drug-likeness (QED) is 0.777. The van der Waals surface area contributed by atoms with Crippen LogP contribution < -0.4 is 10.1 Å². The van der Waals surface area contributed by atoms with Crippen LogP contribution in [0.2, 0.25) is 0 Å². The summed E-state index contributed by atoms with van der Waals surface area (Å²) in [5.41, 5.74) is 3.84. The van der Waals surface area contributed by atoms with E-state index in [1.165, 1.54) is 12.0 Å². The third kappa shape index (κ3) is 1.23. The fraction of sp³-hybridized carbons (Fsp3) is 0.600. The summed E-state index contributed by atoms with van der Waals surface area (Å²) >= 11 is 0. The first kappa shape index (κ1) is 13.7. The van der Waals surface area contributed by atoms with Crippen LogP contribution in [0.5, 0.6) is 5.75 Å². The van der Waals surface area contributed by atoms with Gasteiger partial charge in [-0.05, 0) is 37.3 Å². The molecule has 24 heavy (non-hydrogen) atoms. The van der Waals surface area contributed by atoms with Crippen LogP contribution in [0, 0.1) is 11.8 Å². The molecule has 0 aromatic heterocycles. The van der Waals surface area contributed by atoms with E-state index in [0.29, 0.717) is 30.0 Å². The number of benzene rings is 1. The van der Waals surface area contributed by atoms with Crippen molar-refractivity contribution in [2.45, 2.75) is 49.4 Å². The lowest BCUT2D eigenvalue weighted by Gasteiger charge is -2.57. The van der Waals surface area contributed by atoms with Crippen LogP contribution in [0.4, 0.5) is 5.69 Å². The summed E-state index contributed by atoms with van der Waals surface area (Å²) in [4.78, 5) is 2.70. The predicted molar refractivity (Wildman–Crippen MR) is 92.3 cm³/mol. The maximum Gasteiger partial charge on any atom is 0.142 e. The number of hydrogen-bond acceptors (Lipinski definition) is 4. The molecule has 126 valence electrons. The van der Waals surface area contributed by atoms with Gasteiger partial charge in [0.1, 0.15) is 5.75 Å². The number of aliphatic hydroxyl groups is 1. The van der Waals surface area contributed by atoms with Crippen LogP contribution in [0.1, 0.15) is 25.3 Å². The highest BCUT2D eigenvalue weighted by molar-refractivity contribution is 5.72. The van der Waals surface area contributed by atoms with E-state index in [2.05, 4.69) is 35.3 Å². The maximum atomic E-state index is 11.6. The smallest absolute Gasteiger partial charge is 0.142 e. The summed E-state index contributed by atoms with van der Waals surface area (Å²) in [7, 11) is 1.74. The van der Waals surface area contributed by atoms with Gasteiger partial charge < -0.3 is 15.2 Å². The zero-order chi connectivity index (χ0) is 16.2. The Labute approximate surface area is 142 Å². The second-order valence-corrected chi connectivity index (χ2v) is 8.28. The Morgan fingerprint density at radius 3 is 3.04 bits per heavy atom. The van der Waals surface area contributed by atoms with Gasteiger partial charge in [0, 0.05) is 30.0 Å². The summed E-state index contributed by atoms with van der Waals surface area (Å²) in [6, 6.07) is 7.71. The number of fused-ring (bicyclic) bond motifs is 2. The molecule has 5 aliphatic heterocycles. The van der Waals surface area contributed by atoms with Gasteiger partial charge in [-0.15, -0.1) is 0 Å². The second kappa shape index (κ2) is 4.17. The predicted octanol–water partition coefficient (Wildman–Crippen LogP) is 2.14. The summed E-state index contributed by atoms with van der Waals surface area (Å²) in [5, 5.41) is 15.4. The largest absolute Gasteiger partial charge is 0.495 e. The van der Waals surface area contributed by atoms with Gasteiger partial charge in [-0.25, -0.2) is 0 Å². The van der Waals surface area contributed by atoms with Crippen molar-refractivity contribution < 1.29 is 9.84 Å². The molecule has 5 heterocycles. The third-order valence-electron chi connectivity index (χ3n) is 7.89. The molecule has 1 aromatic carbocycles. The Hall–Kier alpha value is -1.52. The minimum atomic E-state index is -0.261. The molecule has 4 heteroatoms. The van der Waals surface area contributed by atoms with Crippen LogP contribution in [-0.2, 0) is 5.41 Å². The van der Waals surface area contributed by atoms with E-state index in [1.807, 2.05) is 6.07 Å². The number of anilines is 1. The molecule has 0 radical (unpaired) electrons. The van der Waals surface area contributed by atoms with Crippen molar-refractivity contribution in [2.75, 3.05) is 19.0 Å². The lowest BCUT2D eigenvalue weighted by molar-refractivity contribution is -0.0318. The average Bonchev–Trinajstić information content (AvgIpc) is 3.08. The van der Waals surface area contributed by atoms with Gasteiger partial charge in [0.2, 0.25) is 0 Å². The number of ether oxygens (including phenoxy) is 1. The number of allylic oxidation sites excluding steroid dienone is 1. The number of aliphatic hydroxyl groups excluding tert-OH is 1. The normalized spacial score (nSPS) is 50.8. The van der Waals surface area contributed by atoms with E-state index in [4.69, 9.17) is 4.74 Å². The SMILES string of the molecule is CC=C1CN2C3CC45c6cccc(OC)c6NC4C2CC1C3C5O. The zero-order valence-corrected chi connectivity index (χ0v) is 14.2. The van der Waals surface area contributed by atoms with Gasteiger partial charge in [-0.2, -0.15) is 0 Å². The van der Waals surface area contributed by atoms with Crippen molar-refractivity contribution in [1.82, 2.24) is 4.90 Å². The maximum absolute atomic E-state index is 11.6. The van der Waals surface area contributed by atoms with Crippen LogP contribution in [0.25, 0.3) is 0 Å². The first-order chi connectivity index (χ1) is 11.7. The number of rotatable bonds is 1. The molecular formula is C20H24N2O2. The molecular weight excluding hydrogens is 300 g/mol. The highest BCUT2D eigenvalue weighted by Gasteiger charge is 2.73. The van der Waals surface area contributed by atoms with Crippen molar-refractivity contribution in [3.8, 4) is 5.75 Å². The first-order valence-electron chi connectivity index (χ1n) is 9.23. The fourth-order valence-electron chi connectivity index (χ4n) is 7.09. The topological polar surface area (TPSA) is 44.7 Å². The van der Waals surface area contributed by atoms with Gasteiger partial charge >= 0.3 is 0 Å². The molecule has 4 saturated heterocycles. The number of nitrogens with one attached hydrogen (secondary N) is 1. The summed E-state index contributed by atoms with van der Waals surface area (Å²) in [5.74, 6) is 1.88. The molecule has 1 spiro atoms.